The maximum absolute atomic E-state index is 14.2. The first-order valence-electron chi connectivity index (χ1n) is 12.6. The van der Waals surface area contributed by atoms with Gasteiger partial charge in [-0.3, -0.25) is 4.79 Å². The fourth-order valence-corrected chi connectivity index (χ4v) is 5.51. The molecule has 6 nitrogen and oxygen atoms in total. The van der Waals surface area contributed by atoms with Crippen LogP contribution >= 0.6 is 12.2 Å². The highest BCUT2D eigenvalue weighted by atomic mass is 32.1. The Hall–Kier alpha value is -3.92. The quantitative estimate of drug-likeness (QED) is 0.256. The van der Waals surface area contributed by atoms with Gasteiger partial charge < -0.3 is 19.5 Å². The van der Waals surface area contributed by atoms with Crippen molar-refractivity contribution in [2.75, 3.05) is 20.3 Å². The van der Waals surface area contributed by atoms with Crippen LogP contribution in [0, 0.1) is 5.41 Å². The van der Waals surface area contributed by atoms with E-state index in [1.165, 1.54) is 7.11 Å². The second-order valence-electron chi connectivity index (χ2n) is 9.36. The van der Waals surface area contributed by atoms with Crippen LogP contribution in [0.2, 0.25) is 0 Å². The largest absolute Gasteiger partial charge is 0.497 e. The van der Waals surface area contributed by atoms with Gasteiger partial charge in [-0.2, -0.15) is 13.2 Å². The van der Waals surface area contributed by atoms with Crippen LogP contribution in [0.5, 0.6) is 5.75 Å². The third-order valence-corrected chi connectivity index (χ3v) is 7.61. The molecule has 0 radical (unpaired) electrons. The third-order valence-electron chi connectivity index (χ3n) is 7.10. The first-order chi connectivity index (χ1) is 19.1. The summed E-state index contributed by atoms with van der Waals surface area (Å²) >= 11 is 5.75. The maximum atomic E-state index is 14.2. The molecule has 1 saturated heterocycles. The minimum atomic E-state index is -4.57. The van der Waals surface area contributed by atoms with Gasteiger partial charge in [0, 0.05) is 5.56 Å². The minimum absolute atomic E-state index is 0.00191. The van der Waals surface area contributed by atoms with Crippen molar-refractivity contribution in [2.24, 2.45) is 5.41 Å². The summed E-state index contributed by atoms with van der Waals surface area (Å²) in [6.45, 7) is 1.84. The van der Waals surface area contributed by atoms with Gasteiger partial charge in [-0.25, -0.2) is 4.79 Å². The second kappa shape index (κ2) is 11.7. The lowest BCUT2D eigenvalue weighted by Crippen LogP contribution is -2.65. The number of rotatable bonds is 9. The zero-order chi connectivity index (χ0) is 29.0. The van der Waals surface area contributed by atoms with E-state index in [9.17, 15) is 22.8 Å². The van der Waals surface area contributed by atoms with Gasteiger partial charge >= 0.3 is 12.1 Å². The van der Waals surface area contributed by atoms with Crippen molar-refractivity contribution in [3.8, 4) is 5.75 Å². The fourth-order valence-electron chi connectivity index (χ4n) is 5.10. The van der Waals surface area contributed by atoms with Gasteiger partial charge in [-0.05, 0) is 79.5 Å². The Kier molecular flexibility index (Phi) is 8.48. The molecule has 0 spiro atoms. The number of carbonyl (C=O) groups is 2. The third kappa shape index (κ3) is 5.40. The molecule has 0 aliphatic carbocycles. The predicted octanol–water partition coefficient (Wildman–Crippen LogP) is 5.88. The monoisotopic (exact) mass is 571 g/mol. The average Bonchev–Trinajstić information content (AvgIpc) is 3.32. The Morgan fingerprint density at radius 2 is 1.60 bits per heavy atom. The highest BCUT2D eigenvalue weighted by molar-refractivity contribution is 7.80. The summed E-state index contributed by atoms with van der Waals surface area (Å²) in [5, 5.41) is 2.99. The Bertz CT molecular complexity index is 1360. The van der Waals surface area contributed by atoms with E-state index >= 15 is 0 Å². The zero-order valence-electron chi connectivity index (χ0n) is 21.9. The Labute approximate surface area is 235 Å². The molecule has 1 fully saturated rings. The smallest absolute Gasteiger partial charge is 0.416 e. The number of halogens is 3. The van der Waals surface area contributed by atoms with Gasteiger partial charge in [-0.15, -0.1) is 0 Å². The summed E-state index contributed by atoms with van der Waals surface area (Å²) in [4.78, 5) is 27.9. The van der Waals surface area contributed by atoms with E-state index in [2.05, 4.69) is 5.32 Å². The summed E-state index contributed by atoms with van der Waals surface area (Å²) in [5.41, 5.74) is -2.97. The van der Waals surface area contributed by atoms with Crippen molar-refractivity contribution in [2.45, 2.75) is 31.5 Å². The molecule has 4 rings (SSSR count). The van der Waals surface area contributed by atoms with Crippen LogP contribution in [0.1, 0.15) is 40.4 Å². The van der Waals surface area contributed by atoms with Crippen LogP contribution in [0.25, 0.3) is 0 Å². The van der Waals surface area contributed by atoms with Crippen LogP contribution < -0.4 is 10.1 Å². The van der Waals surface area contributed by atoms with Crippen LogP contribution in [0.3, 0.4) is 0 Å². The van der Waals surface area contributed by atoms with Crippen LogP contribution in [0.4, 0.5) is 13.2 Å². The number of benzene rings is 3. The summed E-state index contributed by atoms with van der Waals surface area (Å²) in [7, 11) is 1.50. The van der Waals surface area contributed by atoms with Crippen molar-refractivity contribution in [3.05, 3.63) is 101 Å². The van der Waals surface area contributed by atoms with E-state index in [4.69, 9.17) is 26.4 Å². The lowest BCUT2D eigenvalue weighted by atomic mass is 9.62. The molecular weight excluding hydrogens is 543 g/mol. The molecule has 1 heterocycles. The number of methoxy groups -OCH3 is 1. The molecule has 2 atom stereocenters. The number of esters is 1. The summed E-state index contributed by atoms with van der Waals surface area (Å²) < 4.78 is 56.2. The highest BCUT2D eigenvalue weighted by Crippen LogP contribution is 2.51. The SMILES string of the molecule is CCOC(=O)C(NC(=O)c1ccc(C(F)(F)F)cc1)(c1ccc(OC)cc1)C1(Cc2ccccc2)CCOC1=S. The summed E-state index contributed by atoms with van der Waals surface area (Å²) in [6, 6.07) is 19.6. The minimum Gasteiger partial charge on any atom is -0.497 e. The zero-order valence-corrected chi connectivity index (χ0v) is 22.7. The molecule has 3 aromatic carbocycles. The number of ether oxygens (including phenoxy) is 3. The first kappa shape index (κ1) is 29.1. The number of carbonyl (C=O) groups excluding carboxylic acids is 2. The van der Waals surface area contributed by atoms with Crippen molar-refractivity contribution in [1.82, 2.24) is 5.32 Å². The molecule has 1 N–H and O–H groups in total. The van der Waals surface area contributed by atoms with Gasteiger partial charge in [0.2, 0.25) is 0 Å². The molecule has 0 saturated carbocycles. The van der Waals surface area contributed by atoms with Crippen molar-refractivity contribution in [3.63, 3.8) is 0 Å². The van der Waals surface area contributed by atoms with E-state index < -0.39 is 34.6 Å². The second-order valence-corrected chi connectivity index (χ2v) is 9.73. The van der Waals surface area contributed by atoms with E-state index in [-0.39, 0.29) is 36.7 Å². The van der Waals surface area contributed by atoms with Crippen LogP contribution in [0.15, 0.2) is 78.9 Å². The average molecular weight is 572 g/mol. The Balaban J connectivity index is 1.93. The molecule has 3 aromatic rings. The molecule has 0 aromatic heterocycles. The highest BCUT2D eigenvalue weighted by Gasteiger charge is 2.64. The molecule has 40 heavy (non-hydrogen) atoms. The summed E-state index contributed by atoms with van der Waals surface area (Å²) in [6.07, 6.45) is -4.09. The molecule has 1 aliphatic rings. The van der Waals surface area contributed by atoms with Crippen molar-refractivity contribution < 1.29 is 37.0 Å². The molecular formula is C30H28F3NO5S. The molecule has 10 heteroatoms. The van der Waals surface area contributed by atoms with Gasteiger partial charge in [0.05, 0.1) is 31.3 Å². The summed E-state index contributed by atoms with van der Waals surface area (Å²) in [5.74, 6) is -1.04. The predicted molar refractivity (Wildman–Crippen MR) is 146 cm³/mol. The molecule has 210 valence electrons. The number of alkyl halides is 3. The first-order valence-corrected chi connectivity index (χ1v) is 13.0. The van der Waals surface area contributed by atoms with Gasteiger partial charge in [0.25, 0.3) is 5.91 Å². The van der Waals surface area contributed by atoms with Gasteiger partial charge in [0.15, 0.2) is 10.6 Å². The van der Waals surface area contributed by atoms with Crippen LogP contribution in [-0.4, -0.2) is 37.3 Å². The van der Waals surface area contributed by atoms with E-state index in [0.717, 1.165) is 29.8 Å². The van der Waals surface area contributed by atoms with E-state index in [0.29, 0.717) is 11.3 Å². The molecule has 2 unspecified atom stereocenters. The number of amides is 1. The van der Waals surface area contributed by atoms with E-state index in [1.807, 2.05) is 30.3 Å². The lowest BCUT2D eigenvalue weighted by molar-refractivity contribution is -0.156. The fraction of sp³-hybridized carbons (Fsp3) is 0.300. The molecule has 1 amide bonds. The normalized spacial score (nSPS) is 18.4. The Morgan fingerprint density at radius 3 is 2.12 bits per heavy atom. The van der Waals surface area contributed by atoms with Crippen molar-refractivity contribution >= 4 is 29.1 Å². The van der Waals surface area contributed by atoms with Gasteiger partial charge in [-0.1, -0.05) is 42.5 Å². The Morgan fingerprint density at radius 1 is 0.975 bits per heavy atom. The maximum Gasteiger partial charge on any atom is 0.416 e. The van der Waals surface area contributed by atoms with Crippen molar-refractivity contribution in [1.29, 1.82) is 0 Å². The molecule has 1 aliphatic heterocycles. The number of hydrogen-bond donors (Lipinski definition) is 1. The number of hydrogen-bond acceptors (Lipinski definition) is 6. The standard InChI is InChI=1S/C30H28F3NO5S/c1-3-38-26(36)29(22-13-15-24(37-2)16-14-22,34-25(35)21-9-11-23(12-10-21)30(31,32)33)28(17-18-39-27(28)40)19-20-7-5-4-6-8-20/h4-16H,3,17-19H2,1-2H3,(H,34,35). The topological polar surface area (TPSA) is 73.9 Å². The van der Waals surface area contributed by atoms with E-state index in [1.54, 1.807) is 31.2 Å². The van der Waals surface area contributed by atoms with Crippen LogP contribution in [-0.2, 0) is 32.4 Å². The lowest BCUT2D eigenvalue weighted by Gasteiger charge is -2.46. The number of nitrogens with one attached hydrogen (secondary N) is 1. The molecule has 0 bridgehead atoms. The number of thiocarbonyl (C=S) groups is 1. The van der Waals surface area contributed by atoms with Gasteiger partial charge in [0.1, 0.15) is 5.75 Å².